The molecule has 166 valence electrons. The Hall–Kier alpha value is -2.95. The van der Waals surface area contributed by atoms with Crippen LogP contribution in [0.1, 0.15) is 21.6 Å². The molecule has 0 spiro atoms. The van der Waals surface area contributed by atoms with Gasteiger partial charge in [0.15, 0.2) is 0 Å². The fraction of sp³-hybridized carbons (Fsp3) is 0.190. The number of nitrogens with zero attached hydrogens (tertiary/aromatic N) is 3. The van der Waals surface area contributed by atoms with Crippen molar-refractivity contribution in [1.82, 2.24) is 4.57 Å². The molecule has 0 saturated heterocycles. The lowest BCUT2D eigenvalue weighted by molar-refractivity contribution is -0.138. The molecule has 1 aliphatic rings. The number of aromatic hydroxyl groups is 1. The number of rotatable bonds is 5. The SMILES string of the molecule is NCCn1c(O)c(C(Cc2ccc(Cl)cc2C(F)(F)F)=c2ccc3c(c2)C=NN=3)sc1=O. The summed E-state index contributed by atoms with van der Waals surface area (Å²) in [6.45, 7) is 0.199. The fourth-order valence-electron chi connectivity index (χ4n) is 3.48. The van der Waals surface area contributed by atoms with Crippen molar-refractivity contribution < 1.29 is 18.3 Å². The number of thiazole rings is 1. The molecule has 6 nitrogen and oxygen atoms in total. The second kappa shape index (κ2) is 8.53. The predicted molar refractivity (Wildman–Crippen MR) is 117 cm³/mol. The van der Waals surface area contributed by atoms with Crippen LogP contribution >= 0.6 is 22.9 Å². The molecule has 0 bridgehead atoms. The van der Waals surface area contributed by atoms with E-state index in [1.807, 2.05) is 0 Å². The van der Waals surface area contributed by atoms with Crippen LogP contribution in [0.15, 0.2) is 51.4 Å². The van der Waals surface area contributed by atoms with Crippen molar-refractivity contribution in [2.45, 2.75) is 19.1 Å². The molecule has 3 aromatic rings. The minimum Gasteiger partial charge on any atom is -0.493 e. The number of alkyl halides is 3. The third kappa shape index (κ3) is 4.21. The average molecular weight is 481 g/mol. The second-order valence-electron chi connectivity index (χ2n) is 7.03. The third-order valence-electron chi connectivity index (χ3n) is 4.98. The van der Waals surface area contributed by atoms with E-state index >= 15 is 0 Å². The maximum absolute atomic E-state index is 13.7. The topological polar surface area (TPSA) is 93.0 Å². The molecule has 1 aromatic heterocycles. The first-order valence-corrected chi connectivity index (χ1v) is 10.6. The van der Waals surface area contributed by atoms with Crippen molar-refractivity contribution >= 4 is 34.7 Å². The monoisotopic (exact) mass is 480 g/mol. The summed E-state index contributed by atoms with van der Waals surface area (Å²) in [5.41, 5.74) is 5.64. The van der Waals surface area contributed by atoms with Gasteiger partial charge < -0.3 is 10.8 Å². The van der Waals surface area contributed by atoms with Gasteiger partial charge in [-0.1, -0.05) is 35.1 Å². The first-order chi connectivity index (χ1) is 15.2. The highest BCUT2D eigenvalue weighted by Gasteiger charge is 2.34. The van der Waals surface area contributed by atoms with E-state index in [9.17, 15) is 23.1 Å². The molecule has 0 aliphatic carbocycles. The zero-order valence-electron chi connectivity index (χ0n) is 16.4. The summed E-state index contributed by atoms with van der Waals surface area (Å²) in [4.78, 5) is 12.1. The van der Waals surface area contributed by atoms with Gasteiger partial charge in [0.25, 0.3) is 0 Å². The Labute approximate surface area is 188 Å². The molecule has 1 aliphatic heterocycles. The van der Waals surface area contributed by atoms with Crippen molar-refractivity contribution in [1.29, 1.82) is 0 Å². The van der Waals surface area contributed by atoms with Crippen LogP contribution in [0.25, 0.3) is 5.57 Å². The third-order valence-corrected chi connectivity index (χ3v) is 6.24. The lowest BCUT2D eigenvalue weighted by Crippen LogP contribution is -2.18. The van der Waals surface area contributed by atoms with Gasteiger partial charge in [-0.25, -0.2) is 0 Å². The van der Waals surface area contributed by atoms with Crippen LogP contribution in [0.4, 0.5) is 13.2 Å². The molecule has 0 radical (unpaired) electrons. The quantitative estimate of drug-likeness (QED) is 0.588. The first-order valence-electron chi connectivity index (χ1n) is 9.42. The highest BCUT2D eigenvalue weighted by Crippen LogP contribution is 2.37. The van der Waals surface area contributed by atoms with Gasteiger partial charge in [-0.2, -0.15) is 23.4 Å². The smallest absolute Gasteiger partial charge is 0.416 e. The number of nitrogens with two attached hydrogens (primary N) is 1. The van der Waals surface area contributed by atoms with Crippen molar-refractivity contribution in [3.8, 4) is 5.88 Å². The first kappa shape index (κ1) is 22.3. The Kier molecular flexibility index (Phi) is 5.93. The average Bonchev–Trinajstić information content (AvgIpc) is 3.31. The Morgan fingerprint density at radius 2 is 2.00 bits per heavy atom. The summed E-state index contributed by atoms with van der Waals surface area (Å²) < 4.78 is 42.2. The van der Waals surface area contributed by atoms with E-state index in [1.54, 1.807) is 18.2 Å². The standard InChI is InChI=1S/C21H16ClF3N4O2S/c22-14-3-1-12(16(9-14)21(23,24)25)8-15(11-2-4-17-13(7-11)10-27-28-17)18-19(30)29(6-5-26)20(31)32-18/h1-4,7,9-10,30H,5-6,8,26H2. The molecule has 0 atom stereocenters. The molecular weight excluding hydrogens is 465 g/mol. The van der Waals surface area contributed by atoms with Crippen molar-refractivity contribution in [2.75, 3.05) is 6.54 Å². The number of aromatic nitrogens is 1. The number of fused-ring (bicyclic) bond motifs is 1. The molecule has 11 heteroatoms. The number of hydrogen-bond acceptors (Lipinski definition) is 6. The number of halogens is 4. The molecule has 3 N–H and O–H groups in total. The Bertz CT molecular complexity index is 1410. The summed E-state index contributed by atoms with van der Waals surface area (Å²) in [6, 6.07) is 8.61. The highest BCUT2D eigenvalue weighted by molar-refractivity contribution is 7.10. The van der Waals surface area contributed by atoms with Crippen LogP contribution in [0, 0.1) is 0 Å². The van der Waals surface area contributed by atoms with E-state index in [0.29, 0.717) is 21.7 Å². The van der Waals surface area contributed by atoms with Crippen LogP contribution in [0.5, 0.6) is 5.88 Å². The van der Waals surface area contributed by atoms with Crippen LogP contribution < -0.4 is 21.2 Å². The normalized spacial score (nSPS) is 13.8. The van der Waals surface area contributed by atoms with E-state index in [-0.39, 0.29) is 40.9 Å². The van der Waals surface area contributed by atoms with Gasteiger partial charge in [0.1, 0.15) is 0 Å². The van der Waals surface area contributed by atoms with E-state index < -0.39 is 16.6 Å². The van der Waals surface area contributed by atoms with Crippen molar-refractivity contribution in [2.24, 2.45) is 15.9 Å². The Morgan fingerprint density at radius 1 is 1.22 bits per heavy atom. The van der Waals surface area contributed by atoms with Gasteiger partial charge in [0.05, 0.1) is 22.0 Å². The molecular formula is C21H16ClF3N4O2S. The summed E-state index contributed by atoms with van der Waals surface area (Å²) in [5.74, 6) is -0.332. The van der Waals surface area contributed by atoms with Gasteiger partial charge in [-0.15, -0.1) is 0 Å². The maximum atomic E-state index is 13.7. The minimum atomic E-state index is -4.63. The second-order valence-corrected chi connectivity index (χ2v) is 8.43. The summed E-state index contributed by atoms with van der Waals surface area (Å²) >= 11 is 6.57. The van der Waals surface area contributed by atoms with E-state index in [4.69, 9.17) is 17.3 Å². The largest absolute Gasteiger partial charge is 0.493 e. The molecule has 0 amide bonds. The summed E-state index contributed by atoms with van der Waals surface area (Å²) in [5, 5.41) is 19.6. The molecule has 4 rings (SSSR count). The van der Waals surface area contributed by atoms with E-state index in [1.165, 1.54) is 18.3 Å². The molecule has 0 fully saturated rings. The van der Waals surface area contributed by atoms with Crippen molar-refractivity contribution in [3.05, 3.63) is 83.2 Å². The van der Waals surface area contributed by atoms with Gasteiger partial charge in [0, 0.05) is 30.1 Å². The van der Waals surface area contributed by atoms with E-state index in [2.05, 4.69) is 10.2 Å². The van der Waals surface area contributed by atoms with Crippen LogP contribution in [-0.4, -0.2) is 22.4 Å². The minimum absolute atomic E-state index is 0.0404. The van der Waals surface area contributed by atoms with Gasteiger partial charge in [-0.3, -0.25) is 9.36 Å². The van der Waals surface area contributed by atoms with Crippen LogP contribution in [0.2, 0.25) is 5.02 Å². The predicted octanol–water partition coefficient (Wildman–Crippen LogP) is 2.66. The number of hydrogen-bond donors (Lipinski definition) is 2. The molecule has 2 aromatic carbocycles. The molecule has 0 unspecified atom stereocenters. The van der Waals surface area contributed by atoms with E-state index in [0.717, 1.165) is 22.0 Å². The summed E-state index contributed by atoms with van der Waals surface area (Å²) in [7, 11) is 0. The zero-order chi connectivity index (χ0) is 23.0. The highest BCUT2D eigenvalue weighted by atomic mass is 35.5. The summed E-state index contributed by atoms with van der Waals surface area (Å²) in [6.07, 6.45) is -3.30. The van der Waals surface area contributed by atoms with Gasteiger partial charge in [0.2, 0.25) is 5.88 Å². The number of benzene rings is 2. The van der Waals surface area contributed by atoms with Crippen LogP contribution in [-0.2, 0) is 19.1 Å². The van der Waals surface area contributed by atoms with Crippen LogP contribution in [0.3, 0.4) is 0 Å². The van der Waals surface area contributed by atoms with Crippen molar-refractivity contribution in [3.63, 3.8) is 0 Å². The maximum Gasteiger partial charge on any atom is 0.416 e. The lowest BCUT2D eigenvalue weighted by Gasteiger charge is -2.15. The fourth-order valence-corrected chi connectivity index (χ4v) is 4.63. The molecule has 2 heterocycles. The Morgan fingerprint density at radius 3 is 2.72 bits per heavy atom. The molecule has 32 heavy (non-hydrogen) atoms. The Balaban J connectivity index is 1.97. The molecule has 0 saturated carbocycles. The lowest BCUT2D eigenvalue weighted by atomic mass is 9.96. The van der Waals surface area contributed by atoms with Gasteiger partial charge >= 0.3 is 11.0 Å². The zero-order valence-corrected chi connectivity index (χ0v) is 17.9. The van der Waals surface area contributed by atoms with Gasteiger partial charge in [-0.05, 0) is 40.6 Å².